The lowest BCUT2D eigenvalue weighted by Gasteiger charge is -2.36. The van der Waals surface area contributed by atoms with E-state index in [0.717, 1.165) is 67.0 Å². The van der Waals surface area contributed by atoms with Gasteiger partial charge in [0.05, 0.1) is 26.5 Å². The van der Waals surface area contributed by atoms with E-state index in [2.05, 4.69) is 25.1 Å². The number of benzene rings is 2. The van der Waals surface area contributed by atoms with Crippen LogP contribution in [0.2, 0.25) is 0 Å². The van der Waals surface area contributed by atoms with Gasteiger partial charge in [0.25, 0.3) is 0 Å². The second-order valence-corrected chi connectivity index (χ2v) is 7.85. The third kappa shape index (κ3) is 6.41. The molecule has 8 nitrogen and oxygen atoms in total. The molecule has 0 unspecified atom stereocenters. The van der Waals surface area contributed by atoms with Crippen LogP contribution in [-0.2, 0) is 13.1 Å². The smallest absolute Gasteiger partial charge is 0.226 e. The second-order valence-electron chi connectivity index (χ2n) is 7.85. The van der Waals surface area contributed by atoms with Crippen molar-refractivity contribution in [2.24, 2.45) is 4.99 Å². The fraction of sp³-hybridized carbons (Fsp3) is 0.360. The molecule has 4 rings (SSSR count). The largest absolute Gasteiger partial charge is 0.497 e. The lowest BCUT2D eigenvalue weighted by molar-refractivity contribution is 0.171. The molecule has 3 aromatic rings. The third-order valence-corrected chi connectivity index (χ3v) is 5.77. The number of aliphatic imine (C=N–C) groups is 1. The SMILES string of the molecule is CN=C(NCc1coc(-c2ccccc2)n1)N1CCN(Cc2cc(OC)ccc2OC)CC1.I. The molecule has 1 aromatic heterocycles. The summed E-state index contributed by atoms with van der Waals surface area (Å²) in [6.07, 6.45) is 1.70. The normalized spacial score (nSPS) is 14.4. The highest BCUT2D eigenvalue weighted by Gasteiger charge is 2.21. The molecule has 182 valence electrons. The zero-order valence-corrected chi connectivity index (χ0v) is 22.2. The van der Waals surface area contributed by atoms with Crippen molar-refractivity contribution in [3.63, 3.8) is 0 Å². The van der Waals surface area contributed by atoms with E-state index in [4.69, 9.17) is 13.9 Å². The molecular weight excluding hydrogens is 545 g/mol. The summed E-state index contributed by atoms with van der Waals surface area (Å²) in [5.41, 5.74) is 2.95. The van der Waals surface area contributed by atoms with Gasteiger partial charge in [-0.15, -0.1) is 24.0 Å². The number of ether oxygens (including phenoxy) is 2. The van der Waals surface area contributed by atoms with Crippen molar-refractivity contribution in [1.29, 1.82) is 0 Å². The van der Waals surface area contributed by atoms with Crippen LogP contribution in [0.5, 0.6) is 11.5 Å². The van der Waals surface area contributed by atoms with Crippen molar-refractivity contribution >= 4 is 29.9 Å². The summed E-state index contributed by atoms with van der Waals surface area (Å²) in [7, 11) is 5.20. The number of halogens is 1. The average Bonchev–Trinajstić information content (AvgIpc) is 3.35. The lowest BCUT2D eigenvalue weighted by atomic mass is 10.1. The molecule has 0 saturated carbocycles. The van der Waals surface area contributed by atoms with E-state index in [9.17, 15) is 0 Å². The number of piperazine rings is 1. The minimum absolute atomic E-state index is 0. The molecule has 9 heteroatoms. The van der Waals surface area contributed by atoms with E-state index in [1.165, 1.54) is 0 Å². The first-order valence-electron chi connectivity index (χ1n) is 11.1. The standard InChI is InChI=1S/C25H31N5O3.HI/c1-26-25(27-16-21-18-33-24(28-21)19-7-5-4-6-8-19)30-13-11-29(12-14-30)17-20-15-22(31-2)9-10-23(20)32-3;/h4-10,15,18H,11-14,16-17H2,1-3H3,(H,26,27);1H. The fourth-order valence-corrected chi connectivity index (χ4v) is 3.97. The van der Waals surface area contributed by atoms with E-state index in [1.807, 2.05) is 55.6 Å². The average molecular weight is 577 g/mol. The molecule has 0 amide bonds. The van der Waals surface area contributed by atoms with E-state index in [-0.39, 0.29) is 24.0 Å². The van der Waals surface area contributed by atoms with E-state index >= 15 is 0 Å². The molecule has 1 aliphatic heterocycles. The minimum atomic E-state index is 0. The number of nitrogens with one attached hydrogen (secondary N) is 1. The highest BCUT2D eigenvalue weighted by molar-refractivity contribution is 14.0. The molecule has 1 fully saturated rings. The summed E-state index contributed by atoms with van der Waals surface area (Å²) in [5.74, 6) is 3.23. The van der Waals surface area contributed by atoms with Crippen molar-refractivity contribution in [2.75, 3.05) is 47.4 Å². The van der Waals surface area contributed by atoms with Crippen LogP contribution < -0.4 is 14.8 Å². The van der Waals surface area contributed by atoms with E-state index in [1.54, 1.807) is 20.5 Å². The highest BCUT2D eigenvalue weighted by Crippen LogP contribution is 2.25. The number of aromatic nitrogens is 1. The van der Waals surface area contributed by atoms with Gasteiger partial charge in [-0.2, -0.15) is 0 Å². The molecule has 0 aliphatic carbocycles. The first-order chi connectivity index (χ1) is 16.2. The second kappa shape index (κ2) is 12.6. The van der Waals surface area contributed by atoms with Gasteiger partial charge in [-0.25, -0.2) is 4.98 Å². The molecule has 2 heterocycles. The van der Waals surface area contributed by atoms with Crippen LogP contribution in [-0.4, -0.2) is 68.2 Å². The topological polar surface area (TPSA) is 75.4 Å². The quantitative estimate of drug-likeness (QED) is 0.260. The van der Waals surface area contributed by atoms with E-state index < -0.39 is 0 Å². The van der Waals surface area contributed by atoms with Gasteiger partial charge < -0.3 is 24.1 Å². The number of rotatable bonds is 7. The summed E-state index contributed by atoms with van der Waals surface area (Å²) < 4.78 is 16.5. The summed E-state index contributed by atoms with van der Waals surface area (Å²) in [6.45, 7) is 5.03. The van der Waals surface area contributed by atoms with Gasteiger partial charge in [0.1, 0.15) is 17.8 Å². The lowest BCUT2D eigenvalue weighted by Crippen LogP contribution is -2.52. The molecule has 0 spiro atoms. The number of guanidine groups is 1. The first kappa shape index (κ1) is 25.8. The number of oxazole rings is 1. The van der Waals surface area contributed by atoms with Crippen LogP contribution >= 0.6 is 24.0 Å². The Hall–Kier alpha value is -2.79. The summed E-state index contributed by atoms with van der Waals surface area (Å²) in [4.78, 5) is 13.8. The van der Waals surface area contributed by atoms with Crippen molar-refractivity contribution in [1.82, 2.24) is 20.1 Å². The van der Waals surface area contributed by atoms with Gasteiger partial charge >= 0.3 is 0 Å². The van der Waals surface area contributed by atoms with Gasteiger partial charge in [-0.3, -0.25) is 9.89 Å². The Balaban J connectivity index is 0.00000324. The van der Waals surface area contributed by atoms with Crippen LogP contribution in [0.3, 0.4) is 0 Å². The zero-order chi connectivity index (χ0) is 23.0. The Morgan fingerprint density at radius 3 is 2.50 bits per heavy atom. The fourth-order valence-electron chi connectivity index (χ4n) is 3.97. The van der Waals surface area contributed by atoms with Gasteiger partial charge in [0.2, 0.25) is 5.89 Å². The Kier molecular flexibility index (Phi) is 9.58. The molecule has 34 heavy (non-hydrogen) atoms. The maximum atomic E-state index is 5.64. The summed E-state index contributed by atoms with van der Waals surface area (Å²) in [5, 5.41) is 3.42. The van der Waals surface area contributed by atoms with Crippen molar-refractivity contribution < 1.29 is 13.9 Å². The Labute approximate surface area is 218 Å². The molecule has 0 radical (unpaired) electrons. The zero-order valence-electron chi connectivity index (χ0n) is 19.9. The van der Waals surface area contributed by atoms with Gasteiger partial charge in [-0.1, -0.05) is 18.2 Å². The van der Waals surface area contributed by atoms with Gasteiger partial charge in [-0.05, 0) is 30.3 Å². The van der Waals surface area contributed by atoms with Crippen LogP contribution in [0.15, 0.2) is 64.2 Å². The van der Waals surface area contributed by atoms with Crippen molar-refractivity contribution in [3.8, 4) is 23.0 Å². The van der Waals surface area contributed by atoms with Gasteiger partial charge in [0.15, 0.2) is 5.96 Å². The molecule has 1 saturated heterocycles. The van der Waals surface area contributed by atoms with Crippen molar-refractivity contribution in [3.05, 3.63) is 66.1 Å². The Morgan fingerprint density at radius 2 is 1.82 bits per heavy atom. The van der Waals surface area contributed by atoms with Crippen LogP contribution in [0.25, 0.3) is 11.5 Å². The Morgan fingerprint density at radius 1 is 1.06 bits per heavy atom. The minimum Gasteiger partial charge on any atom is -0.497 e. The molecule has 0 bridgehead atoms. The number of hydrogen-bond donors (Lipinski definition) is 1. The van der Waals surface area contributed by atoms with Crippen molar-refractivity contribution in [2.45, 2.75) is 13.1 Å². The van der Waals surface area contributed by atoms with Crippen LogP contribution in [0.1, 0.15) is 11.3 Å². The number of methoxy groups -OCH3 is 2. The monoisotopic (exact) mass is 577 g/mol. The molecule has 2 aromatic carbocycles. The van der Waals surface area contributed by atoms with Crippen LogP contribution in [0, 0.1) is 0 Å². The van der Waals surface area contributed by atoms with E-state index in [0.29, 0.717) is 12.4 Å². The summed E-state index contributed by atoms with van der Waals surface area (Å²) >= 11 is 0. The van der Waals surface area contributed by atoms with Gasteiger partial charge in [0, 0.05) is 50.9 Å². The maximum absolute atomic E-state index is 5.64. The predicted octanol–water partition coefficient (Wildman–Crippen LogP) is 3.87. The summed E-state index contributed by atoms with van der Waals surface area (Å²) in [6, 6.07) is 15.8. The highest BCUT2D eigenvalue weighted by atomic mass is 127. The molecular formula is C25H32IN5O3. The maximum Gasteiger partial charge on any atom is 0.226 e. The predicted molar refractivity (Wildman–Crippen MR) is 144 cm³/mol. The number of hydrogen-bond acceptors (Lipinski definition) is 6. The molecule has 1 N–H and O–H groups in total. The first-order valence-corrected chi connectivity index (χ1v) is 11.1. The molecule has 0 atom stereocenters. The third-order valence-electron chi connectivity index (χ3n) is 5.77. The number of nitrogens with zero attached hydrogens (tertiary/aromatic N) is 4. The molecule has 1 aliphatic rings. The van der Waals surface area contributed by atoms with Crippen LogP contribution in [0.4, 0.5) is 0 Å². The Bertz CT molecular complexity index is 1070.